The molecule has 0 aliphatic heterocycles. The fourth-order valence-corrected chi connectivity index (χ4v) is 2.02. The third kappa shape index (κ3) is 2.67. The molecule has 0 aromatic carbocycles. The first-order chi connectivity index (χ1) is 9.17. The molecule has 0 saturated heterocycles. The van der Waals surface area contributed by atoms with Gasteiger partial charge in [-0.15, -0.1) is 0 Å². The Morgan fingerprint density at radius 3 is 2.63 bits per heavy atom. The van der Waals surface area contributed by atoms with E-state index in [1.807, 2.05) is 25.5 Å². The maximum absolute atomic E-state index is 12.0. The van der Waals surface area contributed by atoms with E-state index in [2.05, 4.69) is 15.5 Å². The SMILES string of the molecule is CCn1nccc1C(=O)NCc1cnn(CC)c1C. The zero-order valence-corrected chi connectivity index (χ0v) is 11.6. The molecule has 0 fully saturated rings. The van der Waals surface area contributed by atoms with Crippen molar-refractivity contribution in [3.8, 4) is 0 Å². The van der Waals surface area contributed by atoms with Crippen molar-refractivity contribution in [1.82, 2.24) is 24.9 Å². The van der Waals surface area contributed by atoms with E-state index in [9.17, 15) is 4.79 Å². The van der Waals surface area contributed by atoms with Gasteiger partial charge >= 0.3 is 0 Å². The van der Waals surface area contributed by atoms with Crippen LogP contribution in [0.2, 0.25) is 0 Å². The van der Waals surface area contributed by atoms with Crippen molar-refractivity contribution in [3.63, 3.8) is 0 Å². The first-order valence-corrected chi connectivity index (χ1v) is 6.48. The number of carbonyl (C=O) groups is 1. The summed E-state index contributed by atoms with van der Waals surface area (Å²) in [6, 6.07) is 1.72. The Hall–Kier alpha value is -2.11. The molecule has 2 rings (SSSR count). The van der Waals surface area contributed by atoms with Crippen LogP contribution < -0.4 is 5.32 Å². The molecule has 1 amide bonds. The number of rotatable bonds is 5. The van der Waals surface area contributed by atoms with Crippen LogP contribution in [0.25, 0.3) is 0 Å². The molecular weight excluding hydrogens is 242 g/mol. The van der Waals surface area contributed by atoms with E-state index in [0.717, 1.165) is 17.8 Å². The van der Waals surface area contributed by atoms with E-state index in [4.69, 9.17) is 0 Å². The average Bonchev–Trinajstić information content (AvgIpc) is 3.02. The Labute approximate surface area is 112 Å². The second kappa shape index (κ2) is 5.69. The smallest absolute Gasteiger partial charge is 0.269 e. The lowest BCUT2D eigenvalue weighted by Crippen LogP contribution is -2.25. The summed E-state index contributed by atoms with van der Waals surface area (Å²) >= 11 is 0. The maximum atomic E-state index is 12.0. The molecular formula is C13H19N5O. The standard InChI is InChI=1S/C13H19N5O/c1-4-17-10(3)11(9-16-17)8-14-13(19)12-6-7-15-18(12)5-2/h6-7,9H,4-5,8H2,1-3H3,(H,14,19). The van der Waals surface area contributed by atoms with Crippen LogP contribution in [-0.2, 0) is 19.6 Å². The minimum absolute atomic E-state index is 0.108. The van der Waals surface area contributed by atoms with E-state index >= 15 is 0 Å². The van der Waals surface area contributed by atoms with Gasteiger partial charge in [-0.25, -0.2) is 0 Å². The van der Waals surface area contributed by atoms with Crippen LogP contribution in [0.1, 0.15) is 35.6 Å². The minimum Gasteiger partial charge on any atom is -0.347 e. The summed E-state index contributed by atoms with van der Waals surface area (Å²) < 4.78 is 3.59. The normalized spacial score (nSPS) is 10.7. The Morgan fingerprint density at radius 1 is 1.26 bits per heavy atom. The molecule has 2 heterocycles. The lowest BCUT2D eigenvalue weighted by Gasteiger charge is -2.07. The highest BCUT2D eigenvalue weighted by Gasteiger charge is 2.12. The van der Waals surface area contributed by atoms with Crippen molar-refractivity contribution in [2.45, 2.75) is 40.4 Å². The van der Waals surface area contributed by atoms with E-state index < -0.39 is 0 Å². The molecule has 1 N–H and O–H groups in total. The Bertz CT molecular complexity index is 569. The molecule has 6 heteroatoms. The first-order valence-electron chi connectivity index (χ1n) is 6.48. The van der Waals surface area contributed by atoms with Crippen LogP contribution in [0.3, 0.4) is 0 Å². The number of nitrogens with zero attached hydrogens (tertiary/aromatic N) is 4. The van der Waals surface area contributed by atoms with Crippen molar-refractivity contribution < 1.29 is 4.79 Å². The van der Waals surface area contributed by atoms with Gasteiger partial charge in [-0.1, -0.05) is 0 Å². The number of nitrogens with one attached hydrogen (secondary N) is 1. The van der Waals surface area contributed by atoms with Crippen LogP contribution >= 0.6 is 0 Å². The van der Waals surface area contributed by atoms with Gasteiger partial charge in [-0.05, 0) is 26.8 Å². The van der Waals surface area contributed by atoms with Crippen LogP contribution in [0.15, 0.2) is 18.5 Å². The predicted molar refractivity (Wildman–Crippen MR) is 71.7 cm³/mol. The van der Waals surface area contributed by atoms with Gasteiger partial charge in [0.05, 0.1) is 6.20 Å². The van der Waals surface area contributed by atoms with Gasteiger partial charge in [-0.2, -0.15) is 10.2 Å². The first kappa shape index (κ1) is 13.3. The number of aromatic nitrogens is 4. The lowest BCUT2D eigenvalue weighted by molar-refractivity contribution is 0.0940. The molecule has 0 radical (unpaired) electrons. The van der Waals surface area contributed by atoms with Crippen molar-refractivity contribution in [2.75, 3.05) is 0 Å². The number of hydrogen-bond donors (Lipinski definition) is 1. The lowest BCUT2D eigenvalue weighted by atomic mass is 10.2. The van der Waals surface area contributed by atoms with Gasteiger partial charge < -0.3 is 5.32 Å². The van der Waals surface area contributed by atoms with Gasteiger partial charge in [0.2, 0.25) is 0 Å². The van der Waals surface area contributed by atoms with E-state index in [1.165, 1.54) is 0 Å². The van der Waals surface area contributed by atoms with E-state index in [0.29, 0.717) is 18.8 Å². The van der Waals surface area contributed by atoms with Crippen LogP contribution in [-0.4, -0.2) is 25.5 Å². The second-order valence-corrected chi connectivity index (χ2v) is 4.29. The quantitative estimate of drug-likeness (QED) is 0.883. The highest BCUT2D eigenvalue weighted by molar-refractivity contribution is 5.92. The van der Waals surface area contributed by atoms with Gasteiger partial charge in [0.1, 0.15) is 5.69 Å². The molecule has 0 saturated carbocycles. The molecule has 102 valence electrons. The summed E-state index contributed by atoms with van der Waals surface area (Å²) in [4.78, 5) is 12.0. The summed E-state index contributed by atoms with van der Waals surface area (Å²) in [5.74, 6) is -0.108. The fraction of sp³-hybridized carbons (Fsp3) is 0.462. The summed E-state index contributed by atoms with van der Waals surface area (Å²) in [5.41, 5.74) is 2.72. The van der Waals surface area contributed by atoms with Crippen LogP contribution in [0.5, 0.6) is 0 Å². The van der Waals surface area contributed by atoms with Crippen molar-refractivity contribution in [2.24, 2.45) is 0 Å². The van der Waals surface area contributed by atoms with Crippen LogP contribution in [0.4, 0.5) is 0 Å². The number of amides is 1. The molecule has 2 aromatic heterocycles. The fourth-order valence-electron chi connectivity index (χ4n) is 2.02. The average molecular weight is 261 g/mol. The summed E-state index contributed by atoms with van der Waals surface area (Å²) in [5, 5.41) is 11.2. The third-order valence-electron chi connectivity index (χ3n) is 3.19. The predicted octanol–water partition coefficient (Wildman–Crippen LogP) is 1.36. The monoisotopic (exact) mass is 261 g/mol. The topological polar surface area (TPSA) is 64.7 Å². The summed E-state index contributed by atoms with van der Waals surface area (Å²) in [6.45, 7) is 8.01. The Morgan fingerprint density at radius 2 is 2.00 bits per heavy atom. The van der Waals surface area contributed by atoms with Gasteiger partial charge in [0, 0.05) is 37.1 Å². The number of carbonyl (C=O) groups excluding carboxylic acids is 1. The molecule has 0 atom stereocenters. The highest BCUT2D eigenvalue weighted by atomic mass is 16.2. The maximum Gasteiger partial charge on any atom is 0.269 e. The molecule has 0 aliphatic carbocycles. The van der Waals surface area contributed by atoms with Gasteiger partial charge in [-0.3, -0.25) is 14.2 Å². The number of hydrogen-bond acceptors (Lipinski definition) is 3. The van der Waals surface area contributed by atoms with Crippen molar-refractivity contribution in [1.29, 1.82) is 0 Å². The molecule has 19 heavy (non-hydrogen) atoms. The summed E-state index contributed by atoms with van der Waals surface area (Å²) in [7, 11) is 0. The second-order valence-electron chi connectivity index (χ2n) is 4.29. The van der Waals surface area contributed by atoms with Gasteiger partial charge in [0.25, 0.3) is 5.91 Å². The molecule has 0 aliphatic rings. The molecule has 2 aromatic rings. The highest BCUT2D eigenvalue weighted by Crippen LogP contribution is 2.07. The zero-order valence-electron chi connectivity index (χ0n) is 11.6. The minimum atomic E-state index is -0.108. The van der Waals surface area contributed by atoms with Crippen molar-refractivity contribution in [3.05, 3.63) is 35.4 Å². The van der Waals surface area contributed by atoms with Crippen molar-refractivity contribution >= 4 is 5.91 Å². The molecule has 0 spiro atoms. The molecule has 0 unspecified atom stereocenters. The summed E-state index contributed by atoms with van der Waals surface area (Å²) in [6.07, 6.45) is 3.44. The van der Waals surface area contributed by atoms with Gasteiger partial charge in [0.15, 0.2) is 0 Å². The molecule has 6 nitrogen and oxygen atoms in total. The Kier molecular flexibility index (Phi) is 3.99. The largest absolute Gasteiger partial charge is 0.347 e. The molecule has 0 bridgehead atoms. The Balaban J connectivity index is 2.02. The van der Waals surface area contributed by atoms with Crippen LogP contribution in [0, 0.1) is 6.92 Å². The number of aryl methyl sites for hydroxylation is 2. The van der Waals surface area contributed by atoms with E-state index in [-0.39, 0.29) is 5.91 Å². The van der Waals surface area contributed by atoms with E-state index in [1.54, 1.807) is 23.1 Å². The third-order valence-corrected chi connectivity index (χ3v) is 3.19. The zero-order chi connectivity index (χ0) is 13.8.